The summed E-state index contributed by atoms with van der Waals surface area (Å²) in [7, 11) is 3.19. The molecule has 4 aromatic rings. The fourth-order valence-corrected chi connectivity index (χ4v) is 3.04. The maximum atomic E-state index is 13.4. The molecule has 144 valence electrons. The van der Waals surface area contributed by atoms with E-state index >= 15 is 0 Å². The van der Waals surface area contributed by atoms with E-state index in [1.807, 2.05) is 48.5 Å². The lowest BCUT2D eigenvalue weighted by atomic mass is 10.1. The number of carbonyl (C=O) groups excluding carboxylic acids is 1. The molecule has 0 bridgehead atoms. The zero-order chi connectivity index (χ0) is 20.2. The minimum Gasteiger partial charge on any atom is -0.497 e. The fraction of sp³-hybridized carbons (Fsp3) is 0.0870. The number of para-hydroxylation sites is 1. The third kappa shape index (κ3) is 3.73. The van der Waals surface area contributed by atoms with Gasteiger partial charge in [0.15, 0.2) is 0 Å². The molecule has 4 rings (SSSR count). The number of nitrogens with zero attached hydrogens (tertiary/aromatic N) is 3. The highest BCUT2D eigenvalue weighted by Gasteiger charge is 2.19. The monoisotopic (exact) mass is 385 g/mol. The van der Waals surface area contributed by atoms with Crippen LogP contribution in [0.3, 0.4) is 0 Å². The quantitative estimate of drug-likeness (QED) is 0.365. The van der Waals surface area contributed by atoms with Crippen LogP contribution in [-0.2, 0) is 0 Å². The van der Waals surface area contributed by atoms with Crippen molar-refractivity contribution < 1.29 is 14.3 Å². The molecule has 0 fully saturated rings. The Hall–Kier alpha value is -3.93. The molecule has 6 nitrogen and oxygen atoms in total. The van der Waals surface area contributed by atoms with Gasteiger partial charge in [-0.25, -0.2) is 4.68 Å². The van der Waals surface area contributed by atoms with E-state index in [0.717, 1.165) is 16.8 Å². The number of fused-ring (bicyclic) bond motifs is 1. The fourth-order valence-electron chi connectivity index (χ4n) is 3.04. The highest BCUT2D eigenvalue weighted by atomic mass is 16.5. The van der Waals surface area contributed by atoms with Crippen molar-refractivity contribution in [3.8, 4) is 11.5 Å². The highest BCUT2D eigenvalue weighted by Crippen LogP contribution is 2.24. The first-order valence-electron chi connectivity index (χ1n) is 9.05. The Morgan fingerprint density at radius 1 is 0.897 bits per heavy atom. The molecule has 29 heavy (non-hydrogen) atoms. The number of hydrogen-bond donors (Lipinski definition) is 0. The predicted octanol–water partition coefficient (Wildman–Crippen LogP) is 4.33. The van der Waals surface area contributed by atoms with Crippen LogP contribution in [0.15, 0.2) is 72.8 Å². The number of rotatable bonds is 6. The summed E-state index contributed by atoms with van der Waals surface area (Å²) in [4.78, 5) is 13.4. The summed E-state index contributed by atoms with van der Waals surface area (Å²) in [5.41, 5.74) is 3.20. The first-order valence-corrected chi connectivity index (χ1v) is 9.05. The molecule has 1 heterocycles. The molecule has 0 unspecified atom stereocenters. The Bertz CT molecular complexity index is 1190. The average molecular weight is 385 g/mol. The van der Waals surface area contributed by atoms with E-state index in [1.165, 1.54) is 0 Å². The van der Waals surface area contributed by atoms with Crippen molar-refractivity contribution in [2.75, 3.05) is 14.2 Å². The average Bonchev–Trinajstić information content (AvgIpc) is 3.21. The van der Waals surface area contributed by atoms with Gasteiger partial charge in [-0.15, -0.1) is 5.10 Å². The third-order valence-electron chi connectivity index (χ3n) is 4.56. The van der Waals surface area contributed by atoms with Crippen molar-refractivity contribution in [3.05, 3.63) is 83.9 Å². The van der Waals surface area contributed by atoms with E-state index in [1.54, 1.807) is 49.2 Å². The Morgan fingerprint density at radius 3 is 2.41 bits per heavy atom. The van der Waals surface area contributed by atoms with Crippen molar-refractivity contribution in [1.29, 1.82) is 0 Å². The minimum atomic E-state index is -0.185. The Balaban J connectivity index is 1.86. The van der Waals surface area contributed by atoms with Crippen LogP contribution in [0.1, 0.15) is 15.9 Å². The molecule has 0 amide bonds. The summed E-state index contributed by atoms with van der Waals surface area (Å²) in [6.07, 6.45) is 1.79. The number of methoxy groups -OCH3 is 2. The molecular formula is C23H19N3O3. The van der Waals surface area contributed by atoms with Crippen LogP contribution in [0.2, 0.25) is 0 Å². The molecule has 0 atom stereocenters. The minimum absolute atomic E-state index is 0.185. The van der Waals surface area contributed by atoms with E-state index in [-0.39, 0.29) is 5.78 Å². The standard InChI is InChI=1S/C23H19N3O3/c1-28-18-12-10-16(11-13-18)14-22(23(27)17-6-5-7-19(15-17)29-2)26-21-9-4-3-8-20(21)24-25-26/h3-15H,1-2H3. The summed E-state index contributed by atoms with van der Waals surface area (Å²) in [5, 5.41) is 8.43. The van der Waals surface area contributed by atoms with E-state index in [9.17, 15) is 4.79 Å². The molecule has 0 saturated heterocycles. The van der Waals surface area contributed by atoms with Crippen LogP contribution >= 0.6 is 0 Å². The normalized spacial score (nSPS) is 11.4. The van der Waals surface area contributed by atoms with Gasteiger partial charge in [0.2, 0.25) is 5.78 Å². The molecule has 0 radical (unpaired) electrons. The van der Waals surface area contributed by atoms with Crippen LogP contribution in [0.25, 0.3) is 22.8 Å². The van der Waals surface area contributed by atoms with Gasteiger partial charge in [-0.1, -0.05) is 41.6 Å². The van der Waals surface area contributed by atoms with Gasteiger partial charge in [0.05, 0.1) is 19.7 Å². The summed E-state index contributed by atoms with van der Waals surface area (Å²) in [6.45, 7) is 0. The Labute approximate surface area is 168 Å². The van der Waals surface area contributed by atoms with Crippen molar-refractivity contribution in [2.24, 2.45) is 0 Å². The molecule has 0 aliphatic carbocycles. The number of aromatic nitrogens is 3. The zero-order valence-corrected chi connectivity index (χ0v) is 16.1. The number of benzene rings is 3. The van der Waals surface area contributed by atoms with Crippen molar-refractivity contribution in [1.82, 2.24) is 15.0 Å². The van der Waals surface area contributed by atoms with E-state index in [2.05, 4.69) is 10.3 Å². The lowest BCUT2D eigenvalue weighted by molar-refractivity contribution is 0.105. The van der Waals surface area contributed by atoms with Crippen LogP contribution < -0.4 is 9.47 Å². The third-order valence-corrected chi connectivity index (χ3v) is 4.56. The largest absolute Gasteiger partial charge is 0.497 e. The maximum absolute atomic E-state index is 13.4. The SMILES string of the molecule is COc1ccc(C=C(C(=O)c2cccc(OC)c2)n2nnc3ccccc32)cc1. The number of carbonyl (C=O) groups is 1. The topological polar surface area (TPSA) is 66.2 Å². The molecule has 0 aliphatic heterocycles. The van der Waals surface area contributed by atoms with Crippen LogP contribution in [0.5, 0.6) is 11.5 Å². The van der Waals surface area contributed by atoms with Crippen molar-refractivity contribution >= 4 is 28.6 Å². The first-order chi connectivity index (χ1) is 14.2. The summed E-state index contributed by atoms with van der Waals surface area (Å²) in [6, 6.07) is 22.0. The van der Waals surface area contributed by atoms with Gasteiger partial charge in [-0.05, 0) is 48.0 Å². The zero-order valence-electron chi connectivity index (χ0n) is 16.1. The van der Waals surface area contributed by atoms with Gasteiger partial charge in [-0.2, -0.15) is 0 Å². The Morgan fingerprint density at radius 2 is 1.66 bits per heavy atom. The second-order valence-electron chi connectivity index (χ2n) is 6.35. The predicted molar refractivity (Wildman–Crippen MR) is 112 cm³/mol. The van der Waals surface area contributed by atoms with Gasteiger partial charge < -0.3 is 9.47 Å². The lowest BCUT2D eigenvalue weighted by Gasteiger charge is -2.10. The number of hydrogen-bond acceptors (Lipinski definition) is 5. The molecule has 1 aromatic heterocycles. The van der Waals surface area contributed by atoms with Gasteiger partial charge in [0.25, 0.3) is 0 Å². The van der Waals surface area contributed by atoms with Gasteiger partial charge >= 0.3 is 0 Å². The summed E-state index contributed by atoms with van der Waals surface area (Å²) >= 11 is 0. The highest BCUT2D eigenvalue weighted by molar-refractivity contribution is 6.28. The molecule has 0 spiro atoms. The second-order valence-corrected chi connectivity index (χ2v) is 6.35. The van der Waals surface area contributed by atoms with Gasteiger partial charge in [0.1, 0.15) is 22.7 Å². The van der Waals surface area contributed by atoms with E-state index < -0.39 is 0 Å². The molecule has 3 aromatic carbocycles. The molecule has 6 heteroatoms. The lowest BCUT2D eigenvalue weighted by Crippen LogP contribution is -2.11. The van der Waals surface area contributed by atoms with E-state index in [4.69, 9.17) is 9.47 Å². The number of allylic oxidation sites excluding steroid dienone is 1. The summed E-state index contributed by atoms with van der Waals surface area (Å²) < 4.78 is 12.1. The van der Waals surface area contributed by atoms with Crippen LogP contribution in [-0.4, -0.2) is 35.0 Å². The van der Waals surface area contributed by atoms with Gasteiger partial charge in [-0.3, -0.25) is 4.79 Å². The van der Waals surface area contributed by atoms with Crippen LogP contribution in [0.4, 0.5) is 0 Å². The molecular weight excluding hydrogens is 366 g/mol. The number of Topliss-reactive ketones (excluding diaryl/α,β-unsaturated/α-hetero) is 1. The van der Waals surface area contributed by atoms with Gasteiger partial charge in [0, 0.05) is 5.56 Å². The van der Waals surface area contributed by atoms with E-state index in [0.29, 0.717) is 22.5 Å². The van der Waals surface area contributed by atoms with Crippen molar-refractivity contribution in [3.63, 3.8) is 0 Å². The number of ether oxygens (including phenoxy) is 2. The van der Waals surface area contributed by atoms with Crippen molar-refractivity contribution in [2.45, 2.75) is 0 Å². The maximum Gasteiger partial charge on any atom is 0.211 e. The van der Waals surface area contributed by atoms with Crippen LogP contribution in [0, 0.1) is 0 Å². The molecule has 0 saturated carbocycles. The number of ketones is 1. The molecule has 0 N–H and O–H groups in total. The Kier molecular flexibility index (Phi) is 5.07. The summed E-state index contributed by atoms with van der Waals surface area (Å²) in [5.74, 6) is 1.17. The second kappa shape index (κ2) is 7.98. The smallest absolute Gasteiger partial charge is 0.211 e. The first kappa shape index (κ1) is 18.4. The molecule has 0 aliphatic rings.